The predicted octanol–water partition coefficient (Wildman–Crippen LogP) is 1.86. The zero-order valence-electron chi connectivity index (χ0n) is 8.98. The SMILES string of the molecule is Cl.NC(Cc1ccc(Br)c2c1COC2)C(=O)O. The van der Waals surface area contributed by atoms with Crippen LogP contribution in [0.5, 0.6) is 0 Å². The zero-order chi connectivity index (χ0) is 11.7. The summed E-state index contributed by atoms with van der Waals surface area (Å²) in [6, 6.07) is 2.96. The second-order valence-corrected chi connectivity index (χ2v) is 4.66. The molecule has 6 heteroatoms. The Labute approximate surface area is 114 Å². The fraction of sp³-hybridized carbons (Fsp3) is 0.364. The van der Waals surface area contributed by atoms with Gasteiger partial charge in [-0.15, -0.1) is 12.4 Å². The van der Waals surface area contributed by atoms with Crippen LogP contribution < -0.4 is 5.73 Å². The molecular formula is C11H13BrClNO3. The molecule has 0 fully saturated rings. The van der Waals surface area contributed by atoms with Crippen LogP contribution in [0.2, 0.25) is 0 Å². The molecule has 0 bridgehead atoms. The molecule has 1 aromatic carbocycles. The zero-order valence-corrected chi connectivity index (χ0v) is 11.4. The summed E-state index contributed by atoms with van der Waals surface area (Å²) in [5.41, 5.74) is 8.67. The van der Waals surface area contributed by atoms with Gasteiger partial charge in [-0.25, -0.2) is 0 Å². The van der Waals surface area contributed by atoms with E-state index in [0.29, 0.717) is 19.6 Å². The summed E-state index contributed by atoms with van der Waals surface area (Å²) >= 11 is 3.45. The van der Waals surface area contributed by atoms with E-state index in [-0.39, 0.29) is 12.4 Å². The highest BCUT2D eigenvalue weighted by molar-refractivity contribution is 9.10. The van der Waals surface area contributed by atoms with Gasteiger partial charge < -0.3 is 15.6 Å². The van der Waals surface area contributed by atoms with Crippen LogP contribution in [-0.4, -0.2) is 17.1 Å². The Balaban J connectivity index is 0.00000144. The van der Waals surface area contributed by atoms with Gasteiger partial charge in [0.05, 0.1) is 13.2 Å². The smallest absolute Gasteiger partial charge is 0.320 e. The van der Waals surface area contributed by atoms with E-state index in [0.717, 1.165) is 21.2 Å². The number of nitrogens with two attached hydrogens (primary N) is 1. The van der Waals surface area contributed by atoms with Gasteiger partial charge in [-0.2, -0.15) is 0 Å². The second-order valence-electron chi connectivity index (χ2n) is 3.81. The normalized spacial score (nSPS) is 14.9. The van der Waals surface area contributed by atoms with Gasteiger partial charge >= 0.3 is 5.97 Å². The van der Waals surface area contributed by atoms with Gasteiger partial charge in [-0.3, -0.25) is 4.79 Å². The lowest BCUT2D eigenvalue weighted by Gasteiger charge is -2.11. The summed E-state index contributed by atoms with van der Waals surface area (Å²) in [7, 11) is 0. The van der Waals surface area contributed by atoms with Gasteiger partial charge in [0.1, 0.15) is 6.04 Å². The van der Waals surface area contributed by atoms with Gasteiger partial charge in [0.25, 0.3) is 0 Å². The van der Waals surface area contributed by atoms with Crippen molar-refractivity contribution in [1.82, 2.24) is 0 Å². The van der Waals surface area contributed by atoms with Crippen molar-refractivity contribution in [2.24, 2.45) is 5.73 Å². The molecule has 94 valence electrons. The van der Waals surface area contributed by atoms with Gasteiger partial charge in [0.15, 0.2) is 0 Å². The molecule has 0 amide bonds. The molecule has 0 spiro atoms. The van der Waals surface area contributed by atoms with E-state index >= 15 is 0 Å². The third-order valence-corrected chi connectivity index (χ3v) is 3.46. The lowest BCUT2D eigenvalue weighted by atomic mass is 9.98. The van der Waals surface area contributed by atoms with Crippen LogP contribution in [0.4, 0.5) is 0 Å². The quantitative estimate of drug-likeness (QED) is 0.891. The fourth-order valence-corrected chi connectivity index (χ4v) is 2.31. The number of hydrogen-bond donors (Lipinski definition) is 2. The number of hydrogen-bond acceptors (Lipinski definition) is 3. The number of fused-ring (bicyclic) bond motifs is 1. The first-order chi connectivity index (χ1) is 7.59. The van der Waals surface area contributed by atoms with E-state index in [1.54, 1.807) is 0 Å². The summed E-state index contributed by atoms with van der Waals surface area (Å²) in [6.07, 6.45) is 0.342. The highest BCUT2D eigenvalue weighted by Crippen LogP contribution is 2.30. The second kappa shape index (κ2) is 5.82. The Bertz CT molecular complexity index is 439. The summed E-state index contributed by atoms with van der Waals surface area (Å²) in [4.78, 5) is 10.7. The van der Waals surface area contributed by atoms with Crippen LogP contribution in [0.3, 0.4) is 0 Å². The molecule has 1 unspecified atom stereocenters. The van der Waals surface area contributed by atoms with E-state index in [1.165, 1.54) is 0 Å². The average Bonchev–Trinajstić information content (AvgIpc) is 2.71. The van der Waals surface area contributed by atoms with Gasteiger partial charge in [-0.05, 0) is 29.2 Å². The maximum Gasteiger partial charge on any atom is 0.320 e. The molecule has 1 aromatic rings. The van der Waals surface area contributed by atoms with Gasteiger partial charge in [0, 0.05) is 4.47 Å². The van der Waals surface area contributed by atoms with Crippen LogP contribution in [0.1, 0.15) is 16.7 Å². The molecule has 0 radical (unpaired) electrons. The van der Waals surface area contributed by atoms with Gasteiger partial charge in [0.2, 0.25) is 0 Å². The number of ether oxygens (including phenoxy) is 1. The molecule has 0 saturated carbocycles. The van der Waals surface area contributed by atoms with Gasteiger partial charge in [-0.1, -0.05) is 22.0 Å². The highest BCUT2D eigenvalue weighted by Gasteiger charge is 2.21. The minimum Gasteiger partial charge on any atom is -0.480 e. The lowest BCUT2D eigenvalue weighted by molar-refractivity contribution is -0.138. The molecule has 1 aliphatic rings. The molecular weight excluding hydrogens is 309 g/mol. The largest absolute Gasteiger partial charge is 0.480 e. The number of benzene rings is 1. The molecule has 17 heavy (non-hydrogen) atoms. The van der Waals surface area contributed by atoms with Crippen molar-refractivity contribution in [3.05, 3.63) is 33.3 Å². The van der Waals surface area contributed by atoms with Crippen LogP contribution in [0.15, 0.2) is 16.6 Å². The number of carboxylic acid groups (broad SMARTS) is 1. The number of carboxylic acids is 1. The minimum atomic E-state index is -0.976. The molecule has 1 heterocycles. The molecule has 0 saturated heterocycles. The van der Waals surface area contributed by atoms with Crippen LogP contribution >= 0.6 is 28.3 Å². The first-order valence-corrected chi connectivity index (χ1v) is 5.74. The number of aliphatic carboxylic acids is 1. The van der Waals surface area contributed by atoms with E-state index in [4.69, 9.17) is 15.6 Å². The van der Waals surface area contributed by atoms with Crippen molar-refractivity contribution in [3.8, 4) is 0 Å². The molecule has 3 N–H and O–H groups in total. The molecule has 0 aromatic heterocycles. The van der Waals surface area contributed by atoms with Crippen LogP contribution in [0, 0.1) is 0 Å². The van der Waals surface area contributed by atoms with Crippen molar-refractivity contribution in [3.63, 3.8) is 0 Å². The van der Waals surface area contributed by atoms with E-state index < -0.39 is 12.0 Å². The Morgan fingerprint density at radius 2 is 2.12 bits per heavy atom. The van der Waals surface area contributed by atoms with E-state index in [1.807, 2.05) is 12.1 Å². The topological polar surface area (TPSA) is 72.5 Å². The first kappa shape index (κ1) is 14.4. The third kappa shape index (κ3) is 2.98. The van der Waals surface area contributed by atoms with Crippen LogP contribution in [0.25, 0.3) is 0 Å². The Morgan fingerprint density at radius 1 is 1.47 bits per heavy atom. The maximum absolute atomic E-state index is 10.7. The lowest BCUT2D eigenvalue weighted by Crippen LogP contribution is -2.32. The molecule has 0 aliphatic carbocycles. The Hall–Kier alpha value is -0.620. The van der Waals surface area contributed by atoms with E-state index in [9.17, 15) is 4.79 Å². The monoisotopic (exact) mass is 321 g/mol. The number of carbonyl (C=O) groups is 1. The van der Waals surface area contributed by atoms with Crippen LogP contribution in [-0.2, 0) is 29.2 Å². The summed E-state index contributed by atoms with van der Waals surface area (Å²) in [5, 5.41) is 8.78. The fourth-order valence-electron chi connectivity index (χ4n) is 1.82. The summed E-state index contributed by atoms with van der Waals surface area (Å²) in [6.45, 7) is 1.11. The Morgan fingerprint density at radius 3 is 2.76 bits per heavy atom. The average molecular weight is 323 g/mol. The summed E-state index contributed by atoms with van der Waals surface area (Å²) < 4.78 is 6.37. The van der Waals surface area contributed by atoms with Crippen molar-refractivity contribution in [1.29, 1.82) is 0 Å². The summed E-state index contributed by atoms with van der Waals surface area (Å²) in [5.74, 6) is -0.976. The molecule has 1 atom stereocenters. The third-order valence-electron chi connectivity index (χ3n) is 2.72. The van der Waals surface area contributed by atoms with Crippen molar-refractivity contribution < 1.29 is 14.6 Å². The van der Waals surface area contributed by atoms with E-state index in [2.05, 4.69) is 15.9 Å². The van der Waals surface area contributed by atoms with Crippen molar-refractivity contribution >= 4 is 34.3 Å². The molecule has 2 rings (SSSR count). The number of halogens is 2. The standard InChI is InChI=1S/C11H12BrNO3.ClH/c12-9-2-1-6(3-10(13)11(14)15)7-4-16-5-8(7)9;/h1-2,10H,3-5,13H2,(H,14,15);1H. The highest BCUT2D eigenvalue weighted by atomic mass is 79.9. The predicted molar refractivity (Wildman–Crippen MR) is 69.2 cm³/mol. The molecule has 1 aliphatic heterocycles. The number of rotatable bonds is 3. The minimum absolute atomic E-state index is 0. The van der Waals surface area contributed by atoms with Crippen molar-refractivity contribution in [2.75, 3.05) is 0 Å². The first-order valence-electron chi connectivity index (χ1n) is 4.95. The molecule has 4 nitrogen and oxygen atoms in total. The maximum atomic E-state index is 10.7. The van der Waals surface area contributed by atoms with Crippen molar-refractivity contribution in [2.45, 2.75) is 25.7 Å². The Kier molecular flexibility index (Phi) is 4.94.